The van der Waals surface area contributed by atoms with Crippen LogP contribution < -0.4 is 15.5 Å². The van der Waals surface area contributed by atoms with Crippen molar-refractivity contribution in [2.75, 3.05) is 7.11 Å². The molecule has 0 radical (unpaired) electrons. The van der Waals surface area contributed by atoms with Gasteiger partial charge in [0.05, 0.1) is 17.8 Å². The highest BCUT2D eigenvalue weighted by atomic mass is 79.9. The SMILES string of the molecule is COc1ccc(/C=N/NC(=O)/C(=C\c2ccccc2)NC(=O)c2ccccc2)cc1Br. The van der Waals surface area contributed by atoms with Gasteiger partial charge in [-0.1, -0.05) is 48.5 Å². The first-order chi connectivity index (χ1) is 15.1. The average Bonchev–Trinajstić information content (AvgIpc) is 2.80. The van der Waals surface area contributed by atoms with Gasteiger partial charge in [-0.3, -0.25) is 9.59 Å². The van der Waals surface area contributed by atoms with Gasteiger partial charge in [-0.25, -0.2) is 5.43 Å². The summed E-state index contributed by atoms with van der Waals surface area (Å²) >= 11 is 3.41. The van der Waals surface area contributed by atoms with Crippen molar-refractivity contribution in [3.8, 4) is 5.75 Å². The highest BCUT2D eigenvalue weighted by Gasteiger charge is 2.14. The van der Waals surface area contributed by atoms with Crippen LogP contribution in [0.1, 0.15) is 21.5 Å². The predicted octanol–water partition coefficient (Wildman–Crippen LogP) is 4.38. The molecule has 7 heteroatoms. The van der Waals surface area contributed by atoms with Gasteiger partial charge in [0.25, 0.3) is 11.8 Å². The topological polar surface area (TPSA) is 79.8 Å². The highest BCUT2D eigenvalue weighted by Crippen LogP contribution is 2.24. The van der Waals surface area contributed by atoms with E-state index >= 15 is 0 Å². The normalized spacial score (nSPS) is 11.2. The van der Waals surface area contributed by atoms with Gasteiger partial charge in [-0.2, -0.15) is 5.10 Å². The molecule has 0 atom stereocenters. The molecule has 0 aliphatic carbocycles. The van der Waals surface area contributed by atoms with Crippen LogP contribution in [0.2, 0.25) is 0 Å². The number of halogens is 1. The monoisotopic (exact) mass is 477 g/mol. The minimum Gasteiger partial charge on any atom is -0.496 e. The molecule has 0 saturated carbocycles. The van der Waals surface area contributed by atoms with Gasteiger partial charge in [0.15, 0.2) is 0 Å². The van der Waals surface area contributed by atoms with Crippen molar-refractivity contribution < 1.29 is 14.3 Å². The Labute approximate surface area is 188 Å². The lowest BCUT2D eigenvalue weighted by atomic mass is 10.1. The summed E-state index contributed by atoms with van der Waals surface area (Å²) in [5.74, 6) is -0.240. The number of nitrogens with zero attached hydrogens (tertiary/aromatic N) is 1. The van der Waals surface area contributed by atoms with E-state index < -0.39 is 5.91 Å². The minimum atomic E-state index is -0.544. The number of carbonyl (C=O) groups excluding carboxylic acids is 2. The third kappa shape index (κ3) is 6.38. The van der Waals surface area contributed by atoms with Gasteiger partial charge < -0.3 is 10.1 Å². The molecule has 2 amide bonds. The van der Waals surface area contributed by atoms with Crippen molar-refractivity contribution in [3.63, 3.8) is 0 Å². The molecule has 3 aromatic rings. The first-order valence-corrected chi connectivity index (χ1v) is 10.2. The number of carbonyl (C=O) groups is 2. The number of ether oxygens (including phenoxy) is 1. The molecule has 0 fully saturated rings. The quantitative estimate of drug-likeness (QED) is 0.301. The van der Waals surface area contributed by atoms with Gasteiger partial charge in [0.1, 0.15) is 11.4 Å². The van der Waals surface area contributed by atoms with Gasteiger partial charge in [-0.15, -0.1) is 0 Å². The Kier molecular flexibility index (Phi) is 7.73. The lowest BCUT2D eigenvalue weighted by molar-refractivity contribution is -0.117. The number of benzene rings is 3. The number of rotatable bonds is 7. The zero-order valence-corrected chi connectivity index (χ0v) is 18.3. The number of nitrogens with one attached hydrogen (secondary N) is 2. The van der Waals surface area contributed by atoms with Gasteiger partial charge >= 0.3 is 0 Å². The Hall–Kier alpha value is -3.71. The second kappa shape index (κ2) is 10.9. The maximum absolute atomic E-state index is 12.7. The Bertz CT molecular complexity index is 1110. The third-order valence-electron chi connectivity index (χ3n) is 4.19. The summed E-state index contributed by atoms with van der Waals surface area (Å²) in [5.41, 5.74) is 4.51. The average molecular weight is 478 g/mol. The fourth-order valence-corrected chi connectivity index (χ4v) is 3.21. The van der Waals surface area contributed by atoms with Gasteiger partial charge in [0.2, 0.25) is 0 Å². The number of amides is 2. The fraction of sp³-hybridized carbons (Fsp3) is 0.0417. The molecule has 6 nitrogen and oxygen atoms in total. The maximum Gasteiger partial charge on any atom is 0.287 e. The summed E-state index contributed by atoms with van der Waals surface area (Å²) in [4.78, 5) is 25.3. The summed E-state index contributed by atoms with van der Waals surface area (Å²) in [6, 6.07) is 23.3. The third-order valence-corrected chi connectivity index (χ3v) is 4.81. The maximum atomic E-state index is 12.7. The van der Waals surface area contributed by atoms with E-state index in [2.05, 4.69) is 31.8 Å². The Morgan fingerprint density at radius 1 is 0.935 bits per heavy atom. The molecule has 0 spiro atoms. The lowest BCUT2D eigenvalue weighted by Crippen LogP contribution is -2.32. The van der Waals surface area contributed by atoms with E-state index in [-0.39, 0.29) is 11.6 Å². The molecule has 3 aromatic carbocycles. The van der Waals surface area contributed by atoms with Crippen LogP contribution in [0.4, 0.5) is 0 Å². The van der Waals surface area contributed by atoms with E-state index in [0.29, 0.717) is 11.3 Å². The minimum absolute atomic E-state index is 0.0770. The van der Waals surface area contributed by atoms with E-state index in [1.54, 1.807) is 49.6 Å². The molecule has 0 aliphatic rings. The fourth-order valence-electron chi connectivity index (χ4n) is 2.65. The van der Waals surface area contributed by atoms with Crippen LogP contribution in [0.5, 0.6) is 5.75 Å². The lowest BCUT2D eigenvalue weighted by Gasteiger charge is -2.09. The second-order valence-corrected chi connectivity index (χ2v) is 7.24. The van der Waals surface area contributed by atoms with Crippen molar-refractivity contribution in [1.29, 1.82) is 0 Å². The number of hydrogen-bond donors (Lipinski definition) is 2. The zero-order valence-electron chi connectivity index (χ0n) is 16.7. The molecule has 31 heavy (non-hydrogen) atoms. The number of hydrazone groups is 1. The molecule has 156 valence electrons. The predicted molar refractivity (Wildman–Crippen MR) is 125 cm³/mol. The van der Waals surface area contributed by atoms with Crippen molar-refractivity contribution in [2.24, 2.45) is 5.10 Å². The number of methoxy groups -OCH3 is 1. The Morgan fingerprint density at radius 3 is 2.26 bits per heavy atom. The van der Waals surface area contributed by atoms with E-state index in [1.165, 1.54) is 6.21 Å². The zero-order chi connectivity index (χ0) is 22.1. The molecule has 0 unspecified atom stereocenters. The number of hydrogen-bond acceptors (Lipinski definition) is 4. The van der Waals surface area contributed by atoms with Crippen molar-refractivity contribution in [2.45, 2.75) is 0 Å². The smallest absolute Gasteiger partial charge is 0.287 e. The molecule has 2 N–H and O–H groups in total. The van der Waals surface area contributed by atoms with Crippen LogP contribution in [0.25, 0.3) is 6.08 Å². The van der Waals surface area contributed by atoms with Crippen LogP contribution in [0.3, 0.4) is 0 Å². The molecule has 0 aromatic heterocycles. The van der Waals surface area contributed by atoms with Crippen molar-refractivity contribution in [3.05, 3.63) is 106 Å². The largest absolute Gasteiger partial charge is 0.496 e. The molecule has 0 heterocycles. The van der Waals surface area contributed by atoms with Crippen LogP contribution in [-0.4, -0.2) is 25.1 Å². The van der Waals surface area contributed by atoms with E-state index in [4.69, 9.17) is 4.74 Å². The first-order valence-electron chi connectivity index (χ1n) is 9.37. The Morgan fingerprint density at radius 2 is 1.61 bits per heavy atom. The molecule has 0 aliphatic heterocycles. The summed E-state index contributed by atoms with van der Waals surface area (Å²) < 4.78 is 5.96. The highest BCUT2D eigenvalue weighted by molar-refractivity contribution is 9.10. The van der Waals surface area contributed by atoms with Crippen LogP contribution >= 0.6 is 15.9 Å². The van der Waals surface area contributed by atoms with E-state index in [9.17, 15) is 9.59 Å². The summed E-state index contributed by atoms with van der Waals surface area (Å²) in [6.07, 6.45) is 3.09. The summed E-state index contributed by atoms with van der Waals surface area (Å²) in [7, 11) is 1.58. The van der Waals surface area contributed by atoms with Crippen LogP contribution in [0, 0.1) is 0 Å². The van der Waals surface area contributed by atoms with Crippen molar-refractivity contribution in [1.82, 2.24) is 10.7 Å². The molecular weight excluding hydrogens is 458 g/mol. The first kappa shape index (κ1) is 22.0. The van der Waals surface area contributed by atoms with E-state index in [1.807, 2.05) is 42.5 Å². The summed E-state index contributed by atoms with van der Waals surface area (Å²) in [5, 5.41) is 6.67. The van der Waals surface area contributed by atoms with Crippen molar-refractivity contribution >= 4 is 40.0 Å². The van der Waals surface area contributed by atoms with Gasteiger partial charge in [0, 0.05) is 5.56 Å². The molecule has 0 saturated heterocycles. The molecule has 3 rings (SSSR count). The molecular formula is C24H20BrN3O3. The van der Waals surface area contributed by atoms with Crippen LogP contribution in [-0.2, 0) is 4.79 Å². The standard InChI is InChI=1S/C24H20BrN3O3/c1-31-22-13-12-18(14-20(22)25)16-26-28-24(30)21(15-17-8-4-2-5-9-17)27-23(29)19-10-6-3-7-11-19/h2-16H,1H3,(H,27,29)(H,28,30)/b21-15+,26-16+. The summed E-state index contributed by atoms with van der Waals surface area (Å²) in [6.45, 7) is 0. The second-order valence-electron chi connectivity index (χ2n) is 6.38. The molecule has 0 bridgehead atoms. The van der Waals surface area contributed by atoms with Crippen LogP contribution in [0.15, 0.2) is 94.1 Å². The van der Waals surface area contributed by atoms with E-state index in [0.717, 1.165) is 15.6 Å². The van der Waals surface area contributed by atoms with Gasteiger partial charge in [-0.05, 0) is 63.5 Å². The Balaban J connectivity index is 1.76.